The third-order valence-electron chi connectivity index (χ3n) is 5.41. The minimum absolute atomic E-state index is 0. The van der Waals surface area contributed by atoms with Crippen LogP contribution in [0.5, 0.6) is 0 Å². The second kappa shape index (κ2) is 6.69. The zero-order valence-corrected chi connectivity index (χ0v) is 16.1. The van der Waals surface area contributed by atoms with Gasteiger partial charge in [-0.3, -0.25) is 0 Å². The molecule has 0 amide bonds. The van der Waals surface area contributed by atoms with Crippen LogP contribution in [0.4, 0.5) is 0 Å². The van der Waals surface area contributed by atoms with E-state index in [1.165, 1.54) is 37.0 Å². The lowest BCUT2D eigenvalue weighted by molar-refractivity contribution is -0.929. The van der Waals surface area contributed by atoms with Crippen molar-refractivity contribution in [3.63, 3.8) is 0 Å². The molecular formula is C17H21ClIN3O. The molecule has 3 aliphatic rings. The van der Waals surface area contributed by atoms with Crippen LogP contribution in [-0.2, 0) is 6.42 Å². The van der Waals surface area contributed by atoms with E-state index in [1.54, 1.807) is 0 Å². The lowest BCUT2D eigenvalue weighted by Crippen LogP contribution is -3.00. The molecule has 0 N–H and O–H groups in total. The molecule has 0 spiro atoms. The SMILES string of the molecule is C[N+]12CCC(CC1)C(Cc1nc(-c3cccc(Cl)c3)no1)C2.[I-]. The van der Waals surface area contributed by atoms with Gasteiger partial charge in [-0.05, 0) is 18.1 Å². The van der Waals surface area contributed by atoms with Crippen molar-refractivity contribution >= 4 is 11.6 Å². The van der Waals surface area contributed by atoms with E-state index in [4.69, 9.17) is 16.1 Å². The number of aromatic nitrogens is 2. The van der Waals surface area contributed by atoms with Crippen molar-refractivity contribution in [3.05, 3.63) is 35.2 Å². The van der Waals surface area contributed by atoms with E-state index in [-0.39, 0.29) is 24.0 Å². The van der Waals surface area contributed by atoms with Gasteiger partial charge < -0.3 is 33.0 Å². The predicted molar refractivity (Wildman–Crippen MR) is 85.4 cm³/mol. The summed E-state index contributed by atoms with van der Waals surface area (Å²) in [6.45, 7) is 3.91. The highest BCUT2D eigenvalue weighted by Gasteiger charge is 2.43. The zero-order chi connectivity index (χ0) is 15.2. The molecule has 1 atom stereocenters. The molecule has 0 saturated carbocycles. The molecule has 2 bridgehead atoms. The summed E-state index contributed by atoms with van der Waals surface area (Å²) >= 11 is 6.03. The van der Waals surface area contributed by atoms with E-state index < -0.39 is 0 Å². The van der Waals surface area contributed by atoms with Crippen LogP contribution in [0.2, 0.25) is 5.02 Å². The standard InChI is InChI=1S/C17H21ClN3O.HI/c1-21-7-5-12(6-8-21)14(11-21)10-16-19-17(20-22-16)13-3-2-4-15(18)9-13;/h2-4,9,12,14H,5-8,10-11H2,1H3;1H/q+1;/p-1. The Labute approximate surface area is 158 Å². The topological polar surface area (TPSA) is 38.9 Å². The van der Waals surface area contributed by atoms with Gasteiger partial charge in [0.2, 0.25) is 11.7 Å². The second-order valence-electron chi connectivity index (χ2n) is 7.07. The third kappa shape index (κ3) is 3.56. The smallest absolute Gasteiger partial charge is 0.227 e. The Morgan fingerprint density at radius 2 is 2.09 bits per heavy atom. The number of hydrogen-bond donors (Lipinski definition) is 0. The number of nitrogens with zero attached hydrogens (tertiary/aromatic N) is 3. The maximum Gasteiger partial charge on any atom is 0.227 e. The van der Waals surface area contributed by atoms with Gasteiger partial charge in [0.15, 0.2) is 0 Å². The van der Waals surface area contributed by atoms with Crippen LogP contribution in [0.25, 0.3) is 11.4 Å². The monoisotopic (exact) mass is 445 g/mol. The minimum Gasteiger partial charge on any atom is -1.00 e. The second-order valence-corrected chi connectivity index (χ2v) is 7.51. The number of halogens is 2. The van der Waals surface area contributed by atoms with E-state index in [1.807, 2.05) is 24.3 Å². The minimum atomic E-state index is 0. The van der Waals surface area contributed by atoms with Gasteiger partial charge in [0.05, 0.1) is 26.7 Å². The molecular weight excluding hydrogens is 425 g/mol. The largest absolute Gasteiger partial charge is 1.00 e. The first-order valence-corrected chi connectivity index (χ1v) is 8.41. The van der Waals surface area contributed by atoms with E-state index in [2.05, 4.69) is 17.2 Å². The fourth-order valence-electron chi connectivity index (χ4n) is 4.12. The number of fused-ring (bicyclic) bond motifs is 3. The van der Waals surface area contributed by atoms with Crippen LogP contribution in [0.15, 0.2) is 28.8 Å². The van der Waals surface area contributed by atoms with E-state index in [0.29, 0.717) is 16.8 Å². The van der Waals surface area contributed by atoms with Gasteiger partial charge in [0, 0.05) is 35.8 Å². The van der Waals surface area contributed by atoms with Gasteiger partial charge in [-0.1, -0.05) is 28.9 Å². The number of quaternary nitrogens is 1. The Balaban J connectivity index is 0.00000156. The molecule has 23 heavy (non-hydrogen) atoms. The number of piperidine rings is 3. The molecule has 1 unspecified atom stereocenters. The highest BCUT2D eigenvalue weighted by atomic mass is 127. The van der Waals surface area contributed by atoms with Crippen molar-refractivity contribution in [1.29, 1.82) is 0 Å². The molecule has 5 rings (SSSR count). The van der Waals surface area contributed by atoms with Gasteiger partial charge in [0.1, 0.15) is 0 Å². The molecule has 4 heterocycles. The van der Waals surface area contributed by atoms with E-state index in [9.17, 15) is 0 Å². The van der Waals surface area contributed by atoms with Crippen molar-refractivity contribution in [2.24, 2.45) is 11.8 Å². The quantitative estimate of drug-likeness (QED) is 0.508. The van der Waals surface area contributed by atoms with Crippen LogP contribution in [0.3, 0.4) is 0 Å². The summed E-state index contributed by atoms with van der Waals surface area (Å²) in [5.74, 6) is 2.92. The number of benzene rings is 1. The summed E-state index contributed by atoms with van der Waals surface area (Å²) in [6, 6.07) is 7.59. The van der Waals surface area contributed by atoms with Gasteiger partial charge >= 0.3 is 0 Å². The summed E-state index contributed by atoms with van der Waals surface area (Å²) in [7, 11) is 2.38. The highest BCUT2D eigenvalue weighted by molar-refractivity contribution is 6.30. The molecule has 124 valence electrons. The Morgan fingerprint density at radius 1 is 1.30 bits per heavy atom. The van der Waals surface area contributed by atoms with Crippen LogP contribution in [-0.4, -0.2) is 41.3 Å². The van der Waals surface area contributed by atoms with Crippen LogP contribution in [0, 0.1) is 11.8 Å². The van der Waals surface area contributed by atoms with Crippen molar-refractivity contribution in [1.82, 2.24) is 10.1 Å². The Bertz CT molecular complexity index is 682. The van der Waals surface area contributed by atoms with E-state index in [0.717, 1.165) is 23.8 Å². The number of hydrogen-bond acceptors (Lipinski definition) is 3. The Kier molecular flexibility index (Phi) is 4.99. The summed E-state index contributed by atoms with van der Waals surface area (Å²) < 4.78 is 6.71. The van der Waals surface area contributed by atoms with Crippen molar-refractivity contribution in [3.8, 4) is 11.4 Å². The fourth-order valence-corrected chi connectivity index (χ4v) is 4.31. The first-order valence-electron chi connectivity index (χ1n) is 8.03. The summed E-state index contributed by atoms with van der Waals surface area (Å²) in [6.07, 6.45) is 3.60. The molecule has 0 aliphatic carbocycles. The maximum absolute atomic E-state index is 6.03. The third-order valence-corrected chi connectivity index (χ3v) is 5.64. The molecule has 1 aromatic carbocycles. The molecule has 3 fully saturated rings. The predicted octanol–water partition coefficient (Wildman–Crippen LogP) is 0.423. The maximum atomic E-state index is 6.03. The zero-order valence-electron chi connectivity index (χ0n) is 13.2. The molecule has 6 heteroatoms. The van der Waals surface area contributed by atoms with Crippen molar-refractivity contribution in [2.75, 3.05) is 26.7 Å². The van der Waals surface area contributed by atoms with Gasteiger partial charge in [-0.25, -0.2) is 0 Å². The molecule has 0 radical (unpaired) electrons. The lowest BCUT2D eigenvalue weighted by atomic mass is 9.76. The first-order chi connectivity index (χ1) is 10.6. The fraction of sp³-hybridized carbons (Fsp3) is 0.529. The Morgan fingerprint density at radius 3 is 2.78 bits per heavy atom. The van der Waals surface area contributed by atoms with Gasteiger partial charge in [0.25, 0.3) is 0 Å². The molecule has 2 aromatic rings. The summed E-state index contributed by atoms with van der Waals surface area (Å²) in [5, 5.41) is 4.82. The number of rotatable bonds is 3. The van der Waals surface area contributed by atoms with E-state index >= 15 is 0 Å². The summed E-state index contributed by atoms with van der Waals surface area (Å²) in [4.78, 5) is 4.58. The lowest BCUT2D eigenvalue weighted by Gasteiger charge is -2.50. The first kappa shape index (κ1) is 17.2. The average molecular weight is 446 g/mol. The van der Waals surface area contributed by atoms with Crippen LogP contribution < -0.4 is 24.0 Å². The summed E-state index contributed by atoms with van der Waals surface area (Å²) in [5.41, 5.74) is 0.912. The van der Waals surface area contributed by atoms with Crippen molar-refractivity contribution in [2.45, 2.75) is 19.3 Å². The molecule has 3 saturated heterocycles. The molecule has 4 nitrogen and oxygen atoms in total. The van der Waals surface area contributed by atoms with Gasteiger partial charge in [-0.15, -0.1) is 0 Å². The highest BCUT2D eigenvalue weighted by Crippen LogP contribution is 2.38. The molecule has 3 aliphatic heterocycles. The average Bonchev–Trinajstić information content (AvgIpc) is 2.96. The van der Waals surface area contributed by atoms with Crippen LogP contribution >= 0.6 is 11.6 Å². The normalized spacial score (nSPS) is 29.3. The van der Waals surface area contributed by atoms with Crippen LogP contribution in [0.1, 0.15) is 18.7 Å². The van der Waals surface area contributed by atoms with Gasteiger partial charge in [-0.2, -0.15) is 4.98 Å². The molecule has 1 aromatic heterocycles. The van der Waals surface area contributed by atoms with Crippen molar-refractivity contribution < 1.29 is 33.0 Å². The Hall–Kier alpha value is -0.660.